The summed E-state index contributed by atoms with van der Waals surface area (Å²) in [5.41, 5.74) is 6.20. The molecule has 5 nitrogen and oxygen atoms in total. The molecule has 18 heavy (non-hydrogen) atoms. The molecule has 0 saturated heterocycles. The number of methoxy groups -OCH3 is 2. The highest BCUT2D eigenvalue weighted by atomic mass is 16.5. The van der Waals surface area contributed by atoms with E-state index < -0.39 is 0 Å². The topological polar surface area (TPSA) is 59.6 Å². The van der Waals surface area contributed by atoms with Crippen molar-refractivity contribution in [2.45, 2.75) is 19.3 Å². The first-order chi connectivity index (χ1) is 8.71. The summed E-state index contributed by atoms with van der Waals surface area (Å²) in [6.07, 6.45) is 2.01. The Kier molecular flexibility index (Phi) is 6.00. The van der Waals surface area contributed by atoms with Crippen molar-refractivity contribution in [2.75, 3.05) is 21.3 Å². The first-order valence-electron chi connectivity index (χ1n) is 5.87. The van der Waals surface area contributed by atoms with Crippen LogP contribution in [-0.4, -0.2) is 27.2 Å². The van der Waals surface area contributed by atoms with Crippen molar-refractivity contribution >= 4 is 5.91 Å². The molecule has 0 spiro atoms. The van der Waals surface area contributed by atoms with Gasteiger partial charge in [-0.3, -0.25) is 10.2 Å². The molecule has 0 atom stereocenters. The highest BCUT2D eigenvalue weighted by Gasteiger charge is 2.06. The van der Waals surface area contributed by atoms with Crippen molar-refractivity contribution in [3.8, 4) is 11.5 Å². The highest BCUT2D eigenvalue weighted by Crippen LogP contribution is 2.25. The minimum Gasteiger partial charge on any atom is -0.497 e. The molecule has 2 N–H and O–H groups in total. The number of hydrazine groups is 1. The maximum Gasteiger partial charge on any atom is 0.234 e. The Morgan fingerprint density at radius 2 is 2.06 bits per heavy atom. The number of aryl methyl sites for hydroxylation is 1. The lowest BCUT2D eigenvalue weighted by molar-refractivity contribution is -0.122. The second-order valence-corrected chi connectivity index (χ2v) is 3.83. The van der Waals surface area contributed by atoms with Crippen LogP contribution >= 0.6 is 0 Å². The molecule has 1 aromatic rings. The Bertz CT molecular complexity index is 394. The van der Waals surface area contributed by atoms with E-state index in [0.717, 1.165) is 29.9 Å². The normalized spacial score (nSPS) is 9.94. The monoisotopic (exact) mass is 252 g/mol. The van der Waals surface area contributed by atoms with Crippen LogP contribution in [0, 0.1) is 0 Å². The number of ether oxygens (including phenoxy) is 2. The number of hydrogen-bond donors (Lipinski definition) is 2. The van der Waals surface area contributed by atoms with Gasteiger partial charge >= 0.3 is 0 Å². The van der Waals surface area contributed by atoms with Gasteiger partial charge in [0.05, 0.1) is 14.2 Å². The van der Waals surface area contributed by atoms with Gasteiger partial charge in [0.25, 0.3) is 0 Å². The molecule has 0 saturated carbocycles. The summed E-state index contributed by atoms with van der Waals surface area (Å²) in [6.45, 7) is 0. The molecule has 0 heterocycles. The molecule has 0 fully saturated rings. The number of carbonyl (C=O) groups is 1. The number of nitrogens with one attached hydrogen (secondary N) is 2. The van der Waals surface area contributed by atoms with E-state index in [0.29, 0.717) is 6.42 Å². The maximum atomic E-state index is 11.3. The van der Waals surface area contributed by atoms with Gasteiger partial charge in [0.2, 0.25) is 5.91 Å². The van der Waals surface area contributed by atoms with Crippen LogP contribution in [0.4, 0.5) is 0 Å². The Hall–Kier alpha value is -1.75. The van der Waals surface area contributed by atoms with E-state index in [-0.39, 0.29) is 5.91 Å². The van der Waals surface area contributed by atoms with Gasteiger partial charge in [0.15, 0.2) is 0 Å². The number of benzene rings is 1. The minimum absolute atomic E-state index is 0.0145. The molecule has 0 aromatic heterocycles. The molecule has 1 aromatic carbocycles. The number of hydrogen-bond acceptors (Lipinski definition) is 4. The second-order valence-electron chi connectivity index (χ2n) is 3.83. The van der Waals surface area contributed by atoms with Gasteiger partial charge in [-0.2, -0.15) is 0 Å². The van der Waals surface area contributed by atoms with E-state index in [9.17, 15) is 4.79 Å². The zero-order valence-corrected chi connectivity index (χ0v) is 11.1. The number of rotatable bonds is 7. The summed E-state index contributed by atoms with van der Waals surface area (Å²) < 4.78 is 10.5. The van der Waals surface area contributed by atoms with Gasteiger partial charge in [0.1, 0.15) is 11.5 Å². The van der Waals surface area contributed by atoms with Crippen molar-refractivity contribution in [3.05, 3.63) is 23.8 Å². The van der Waals surface area contributed by atoms with Crippen molar-refractivity contribution in [1.29, 1.82) is 0 Å². The number of amides is 1. The van der Waals surface area contributed by atoms with Crippen LogP contribution in [0.25, 0.3) is 0 Å². The lowest BCUT2D eigenvalue weighted by atomic mass is 10.1. The molecule has 0 aliphatic heterocycles. The van der Waals surface area contributed by atoms with Gasteiger partial charge in [-0.25, -0.2) is 5.43 Å². The summed E-state index contributed by atoms with van der Waals surface area (Å²) in [4.78, 5) is 11.3. The molecule has 0 unspecified atom stereocenters. The van der Waals surface area contributed by atoms with E-state index in [4.69, 9.17) is 9.47 Å². The molecule has 0 bridgehead atoms. The van der Waals surface area contributed by atoms with Crippen LogP contribution in [0.15, 0.2) is 18.2 Å². The molecular formula is C13H20N2O3. The summed E-state index contributed by atoms with van der Waals surface area (Å²) in [5, 5.41) is 0. The first kappa shape index (κ1) is 14.3. The smallest absolute Gasteiger partial charge is 0.234 e. The molecule has 0 radical (unpaired) electrons. The SMILES string of the molecule is CNNC(=O)CCCc1cc(OC)ccc1OC. The Balaban J connectivity index is 2.57. The number of carbonyl (C=O) groups excluding carboxylic acids is 1. The van der Waals surface area contributed by atoms with E-state index in [1.54, 1.807) is 21.3 Å². The van der Waals surface area contributed by atoms with Crippen LogP contribution in [0.5, 0.6) is 11.5 Å². The summed E-state index contributed by atoms with van der Waals surface area (Å²) >= 11 is 0. The van der Waals surface area contributed by atoms with E-state index >= 15 is 0 Å². The summed E-state index contributed by atoms with van der Waals surface area (Å²) in [6, 6.07) is 5.67. The Morgan fingerprint density at radius 3 is 2.67 bits per heavy atom. The predicted molar refractivity (Wildman–Crippen MR) is 69.7 cm³/mol. The lowest BCUT2D eigenvalue weighted by Gasteiger charge is -2.10. The van der Waals surface area contributed by atoms with Crippen LogP contribution in [0.1, 0.15) is 18.4 Å². The average molecular weight is 252 g/mol. The molecule has 0 aliphatic rings. The van der Waals surface area contributed by atoms with Crippen LogP contribution < -0.4 is 20.3 Å². The quantitative estimate of drug-likeness (QED) is 0.718. The third-order valence-electron chi connectivity index (χ3n) is 2.60. The van der Waals surface area contributed by atoms with Crippen LogP contribution in [0.3, 0.4) is 0 Å². The summed E-state index contributed by atoms with van der Waals surface area (Å²) in [5.74, 6) is 1.61. The van der Waals surface area contributed by atoms with Gasteiger partial charge in [-0.1, -0.05) is 0 Å². The fourth-order valence-corrected chi connectivity index (χ4v) is 1.72. The minimum atomic E-state index is -0.0145. The lowest BCUT2D eigenvalue weighted by Crippen LogP contribution is -2.33. The van der Waals surface area contributed by atoms with Crippen LogP contribution in [-0.2, 0) is 11.2 Å². The zero-order valence-electron chi connectivity index (χ0n) is 11.1. The highest BCUT2D eigenvalue weighted by molar-refractivity contribution is 5.75. The van der Waals surface area contributed by atoms with Crippen molar-refractivity contribution < 1.29 is 14.3 Å². The maximum absolute atomic E-state index is 11.3. The van der Waals surface area contributed by atoms with E-state index in [1.165, 1.54) is 0 Å². The molecule has 100 valence electrons. The van der Waals surface area contributed by atoms with Gasteiger partial charge in [-0.05, 0) is 36.6 Å². The van der Waals surface area contributed by atoms with Gasteiger partial charge < -0.3 is 9.47 Å². The fourth-order valence-electron chi connectivity index (χ4n) is 1.72. The molecule has 1 amide bonds. The predicted octanol–water partition coefficient (Wildman–Crippen LogP) is 1.28. The first-order valence-corrected chi connectivity index (χ1v) is 5.87. The van der Waals surface area contributed by atoms with E-state index in [1.807, 2.05) is 18.2 Å². The average Bonchev–Trinajstić information content (AvgIpc) is 2.39. The molecule has 0 aliphatic carbocycles. The molecule has 1 rings (SSSR count). The third kappa shape index (κ3) is 4.25. The summed E-state index contributed by atoms with van der Waals surface area (Å²) in [7, 11) is 4.94. The van der Waals surface area contributed by atoms with Crippen LogP contribution in [0.2, 0.25) is 0 Å². The zero-order chi connectivity index (χ0) is 13.4. The van der Waals surface area contributed by atoms with Crippen molar-refractivity contribution in [1.82, 2.24) is 10.9 Å². The Labute approximate surface area is 107 Å². The molecule has 5 heteroatoms. The van der Waals surface area contributed by atoms with Crippen molar-refractivity contribution in [3.63, 3.8) is 0 Å². The van der Waals surface area contributed by atoms with Gasteiger partial charge in [-0.15, -0.1) is 0 Å². The van der Waals surface area contributed by atoms with Gasteiger partial charge in [0, 0.05) is 13.5 Å². The standard InChI is InChI=1S/C13H20N2O3/c1-14-15-13(16)6-4-5-10-9-11(17-2)7-8-12(10)18-3/h7-9,14H,4-6H2,1-3H3,(H,15,16). The second kappa shape index (κ2) is 7.55. The Morgan fingerprint density at radius 1 is 1.28 bits per heavy atom. The molecular weight excluding hydrogens is 232 g/mol. The van der Waals surface area contributed by atoms with Crippen molar-refractivity contribution in [2.24, 2.45) is 0 Å². The third-order valence-corrected chi connectivity index (χ3v) is 2.60. The fraction of sp³-hybridized carbons (Fsp3) is 0.462. The largest absolute Gasteiger partial charge is 0.497 e. The van der Waals surface area contributed by atoms with E-state index in [2.05, 4.69) is 10.9 Å².